The van der Waals surface area contributed by atoms with Crippen LogP contribution in [-0.2, 0) is 9.59 Å². The van der Waals surface area contributed by atoms with Crippen molar-refractivity contribution in [2.24, 2.45) is 0 Å². The average molecular weight is 650 g/mol. The Balaban J connectivity index is 0.000000505. The van der Waals surface area contributed by atoms with Gasteiger partial charge in [0, 0.05) is 34.9 Å². The Labute approximate surface area is 230 Å². The van der Waals surface area contributed by atoms with Crippen molar-refractivity contribution >= 4 is 46.1 Å². The predicted molar refractivity (Wildman–Crippen MR) is 140 cm³/mol. The van der Waals surface area contributed by atoms with Crippen LogP contribution in [0, 0.1) is 9.39 Å². The lowest BCUT2D eigenvalue weighted by Gasteiger charge is -2.43. The van der Waals surface area contributed by atoms with Crippen LogP contribution in [0.4, 0.5) is 23.2 Å². The first kappa shape index (κ1) is 29.6. The Morgan fingerprint density at radius 3 is 2.37 bits per heavy atom. The predicted octanol–water partition coefficient (Wildman–Crippen LogP) is 3.61. The molecule has 0 aliphatic carbocycles. The van der Waals surface area contributed by atoms with Crippen LogP contribution in [0.2, 0.25) is 0 Å². The molecule has 1 spiro atoms. The minimum absolute atomic E-state index is 0.0106. The summed E-state index contributed by atoms with van der Waals surface area (Å²) < 4.78 is 46.4. The number of likely N-dealkylation sites (tertiary alicyclic amines) is 1. The molecule has 2 aliphatic heterocycles. The maximum atomic E-state index is 13.8. The number of halogens is 5. The number of alkyl halides is 3. The van der Waals surface area contributed by atoms with Gasteiger partial charge in [0.25, 0.3) is 5.91 Å². The fourth-order valence-corrected chi connectivity index (χ4v) is 5.19. The molecule has 0 bridgehead atoms. The highest BCUT2D eigenvalue weighted by Crippen LogP contribution is 2.36. The van der Waals surface area contributed by atoms with Gasteiger partial charge in [-0.1, -0.05) is 18.2 Å². The van der Waals surface area contributed by atoms with E-state index in [1.165, 1.54) is 12.1 Å². The zero-order valence-electron chi connectivity index (χ0n) is 20.4. The number of carbonyl (C=O) groups is 3. The highest BCUT2D eigenvalue weighted by Gasteiger charge is 2.50. The SMILES string of the molecule is C[C@H](CN1CCC2(CC1)C(=O)NCN2c1cccc(F)c1)NC(=O)c1ccccc1I.O=C(O)C(F)(F)F. The summed E-state index contributed by atoms with van der Waals surface area (Å²) in [6.07, 6.45) is -3.76. The number of amides is 2. The summed E-state index contributed by atoms with van der Waals surface area (Å²) in [5.41, 5.74) is 0.766. The topological polar surface area (TPSA) is 102 Å². The largest absolute Gasteiger partial charge is 0.490 e. The molecule has 206 valence electrons. The zero-order chi connectivity index (χ0) is 28.1. The molecule has 0 saturated carbocycles. The van der Waals surface area contributed by atoms with E-state index in [2.05, 4.69) is 38.1 Å². The Bertz CT molecular complexity index is 1170. The van der Waals surface area contributed by atoms with E-state index in [4.69, 9.17) is 9.90 Å². The maximum Gasteiger partial charge on any atom is 0.490 e. The molecule has 2 aliphatic rings. The van der Waals surface area contributed by atoms with Crippen molar-refractivity contribution < 1.29 is 37.1 Å². The van der Waals surface area contributed by atoms with Gasteiger partial charge in [0.15, 0.2) is 0 Å². The zero-order valence-corrected chi connectivity index (χ0v) is 22.6. The molecule has 2 aromatic rings. The maximum absolute atomic E-state index is 13.8. The summed E-state index contributed by atoms with van der Waals surface area (Å²) in [7, 11) is 0. The quantitative estimate of drug-likeness (QED) is 0.338. The van der Waals surface area contributed by atoms with Crippen molar-refractivity contribution in [3.8, 4) is 0 Å². The standard InChI is InChI=1S/C23H26FIN4O2.C2HF3O2/c1-16(27-21(30)19-7-2-3-8-20(19)25)14-28-11-9-23(10-12-28)22(31)26-15-29(23)18-6-4-5-17(24)13-18;3-2(4,5)1(6)7/h2-8,13,16H,9-12,14-15H2,1H3,(H,26,31)(H,27,30);(H,6,7)/t16-;/m1./s1. The fraction of sp³-hybridized carbons (Fsp3) is 0.400. The summed E-state index contributed by atoms with van der Waals surface area (Å²) in [5, 5.41) is 13.1. The van der Waals surface area contributed by atoms with E-state index in [1.54, 1.807) is 6.07 Å². The Morgan fingerprint density at radius 1 is 1.16 bits per heavy atom. The molecule has 0 unspecified atom stereocenters. The molecule has 2 amide bonds. The Morgan fingerprint density at radius 2 is 1.79 bits per heavy atom. The van der Waals surface area contributed by atoms with Crippen molar-refractivity contribution in [2.45, 2.75) is 37.5 Å². The number of anilines is 1. The number of rotatable bonds is 5. The molecule has 4 rings (SSSR count). The van der Waals surface area contributed by atoms with Crippen molar-refractivity contribution in [3.05, 3.63) is 63.5 Å². The van der Waals surface area contributed by atoms with Crippen LogP contribution in [-0.4, -0.2) is 71.9 Å². The van der Waals surface area contributed by atoms with Crippen molar-refractivity contribution in [1.29, 1.82) is 0 Å². The van der Waals surface area contributed by atoms with Gasteiger partial charge in [-0.05, 0) is 72.7 Å². The molecule has 3 N–H and O–H groups in total. The van der Waals surface area contributed by atoms with E-state index in [-0.39, 0.29) is 23.7 Å². The van der Waals surface area contributed by atoms with E-state index >= 15 is 0 Å². The highest BCUT2D eigenvalue weighted by molar-refractivity contribution is 14.1. The lowest BCUT2D eigenvalue weighted by atomic mass is 9.85. The lowest BCUT2D eigenvalue weighted by Crippen LogP contribution is -2.57. The third-order valence-electron chi connectivity index (χ3n) is 6.41. The normalized spacial score (nSPS) is 17.8. The molecular formula is C25H27F4IN4O4. The molecule has 8 nitrogen and oxygen atoms in total. The number of carbonyl (C=O) groups excluding carboxylic acids is 2. The van der Waals surface area contributed by atoms with Crippen molar-refractivity contribution in [1.82, 2.24) is 15.5 Å². The first-order valence-corrected chi connectivity index (χ1v) is 12.8. The van der Waals surface area contributed by atoms with Crippen molar-refractivity contribution in [3.63, 3.8) is 0 Å². The summed E-state index contributed by atoms with van der Waals surface area (Å²) in [6, 6.07) is 13.9. The van der Waals surface area contributed by atoms with Gasteiger partial charge in [-0.2, -0.15) is 13.2 Å². The van der Waals surface area contributed by atoms with Crippen LogP contribution in [0.5, 0.6) is 0 Å². The molecular weight excluding hydrogens is 623 g/mol. The van der Waals surface area contributed by atoms with Crippen LogP contribution in [0.3, 0.4) is 0 Å². The van der Waals surface area contributed by atoms with Gasteiger partial charge in [0.1, 0.15) is 11.4 Å². The number of hydrogen-bond acceptors (Lipinski definition) is 5. The molecule has 13 heteroatoms. The van der Waals surface area contributed by atoms with Crippen LogP contribution in [0.15, 0.2) is 48.5 Å². The Hall–Kier alpha value is -2.94. The highest BCUT2D eigenvalue weighted by atomic mass is 127. The second-order valence-corrected chi connectivity index (χ2v) is 10.2. The first-order valence-electron chi connectivity index (χ1n) is 11.7. The van der Waals surface area contributed by atoms with Crippen LogP contribution in [0.25, 0.3) is 0 Å². The van der Waals surface area contributed by atoms with Gasteiger partial charge in [0.2, 0.25) is 5.91 Å². The molecule has 38 heavy (non-hydrogen) atoms. The van der Waals surface area contributed by atoms with Crippen LogP contribution >= 0.6 is 22.6 Å². The fourth-order valence-electron chi connectivity index (χ4n) is 4.55. The van der Waals surface area contributed by atoms with E-state index in [9.17, 15) is 27.2 Å². The smallest absolute Gasteiger partial charge is 0.475 e. The number of hydrogen-bond donors (Lipinski definition) is 3. The average Bonchev–Trinajstić information content (AvgIpc) is 3.16. The molecule has 2 aromatic carbocycles. The lowest BCUT2D eigenvalue weighted by molar-refractivity contribution is -0.192. The number of nitrogens with zero attached hydrogens (tertiary/aromatic N) is 2. The Kier molecular flexibility index (Phi) is 9.57. The summed E-state index contributed by atoms with van der Waals surface area (Å²) in [4.78, 5) is 38.5. The number of nitrogens with one attached hydrogen (secondary N) is 2. The number of carboxylic acids is 1. The van der Waals surface area contributed by atoms with E-state index in [0.717, 1.165) is 22.3 Å². The molecule has 0 aromatic heterocycles. The number of benzene rings is 2. The minimum Gasteiger partial charge on any atom is -0.475 e. The van der Waals surface area contributed by atoms with Crippen LogP contribution < -0.4 is 15.5 Å². The van der Waals surface area contributed by atoms with Gasteiger partial charge in [0.05, 0.1) is 12.2 Å². The van der Waals surface area contributed by atoms with Gasteiger partial charge in [-0.3, -0.25) is 9.59 Å². The van der Waals surface area contributed by atoms with Gasteiger partial charge < -0.3 is 25.5 Å². The number of piperidine rings is 1. The number of aliphatic carboxylic acids is 1. The third kappa shape index (κ3) is 7.12. The van der Waals surface area contributed by atoms with Gasteiger partial charge in [-0.25, -0.2) is 9.18 Å². The molecule has 0 radical (unpaired) electrons. The second kappa shape index (κ2) is 12.3. The summed E-state index contributed by atoms with van der Waals surface area (Å²) >= 11 is 2.17. The third-order valence-corrected chi connectivity index (χ3v) is 7.35. The molecule has 2 fully saturated rings. The minimum atomic E-state index is -5.08. The molecule has 1 atom stereocenters. The van der Waals surface area contributed by atoms with Crippen molar-refractivity contribution in [2.75, 3.05) is 31.2 Å². The van der Waals surface area contributed by atoms with Gasteiger partial charge >= 0.3 is 12.1 Å². The second-order valence-electron chi connectivity index (χ2n) is 9.06. The number of carboxylic acid groups (broad SMARTS) is 1. The van der Waals surface area contributed by atoms with Gasteiger partial charge in [-0.15, -0.1) is 0 Å². The molecule has 2 saturated heterocycles. The molecule has 2 heterocycles. The van der Waals surface area contributed by atoms with E-state index < -0.39 is 17.7 Å². The van der Waals surface area contributed by atoms with Crippen LogP contribution in [0.1, 0.15) is 30.1 Å². The summed E-state index contributed by atoms with van der Waals surface area (Å²) in [6.45, 7) is 4.58. The summed E-state index contributed by atoms with van der Waals surface area (Å²) in [5.74, 6) is -3.12. The van der Waals surface area contributed by atoms with E-state index in [0.29, 0.717) is 31.6 Å². The monoisotopic (exact) mass is 650 g/mol. The van der Waals surface area contributed by atoms with E-state index in [1.807, 2.05) is 42.2 Å². The first-order chi connectivity index (χ1) is 17.8.